The minimum absolute atomic E-state index is 0.897. The van der Waals surface area contributed by atoms with E-state index in [4.69, 9.17) is 0 Å². The molecule has 0 aliphatic rings. The lowest BCUT2D eigenvalue weighted by atomic mass is 10.2. The second-order valence-corrected chi connectivity index (χ2v) is 2.53. The molecule has 64 valence electrons. The first kappa shape index (κ1) is 8.78. The fraction of sp³-hybridized carbons (Fsp3) is 0.300. The number of hydrazone groups is 1. The van der Waals surface area contributed by atoms with Crippen molar-refractivity contribution in [1.82, 2.24) is 5.43 Å². The average molecular weight is 162 g/mol. The Hall–Kier alpha value is -1.31. The van der Waals surface area contributed by atoms with E-state index in [0.29, 0.717) is 0 Å². The van der Waals surface area contributed by atoms with Gasteiger partial charge in [-0.1, -0.05) is 30.3 Å². The molecule has 0 aliphatic carbocycles. The van der Waals surface area contributed by atoms with Crippen LogP contribution in [-0.4, -0.2) is 12.8 Å². The van der Waals surface area contributed by atoms with Crippen molar-refractivity contribution in [2.24, 2.45) is 5.10 Å². The summed E-state index contributed by atoms with van der Waals surface area (Å²) >= 11 is 0. The van der Waals surface area contributed by atoms with Crippen LogP contribution in [0.2, 0.25) is 0 Å². The molecule has 0 aromatic heterocycles. The first-order valence-electron chi connectivity index (χ1n) is 4.18. The third-order valence-electron chi connectivity index (χ3n) is 1.59. The molecular formula is C10H14N2. The molecule has 0 heterocycles. The Bertz CT molecular complexity index is 229. The van der Waals surface area contributed by atoms with Gasteiger partial charge in [0.2, 0.25) is 0 Å². The molecule has 0 bridgehead atoms. The summed E-state index contributed by atoms with van der Waals surface area (Å²) in [6.07, 6.45) is 2.78. The summed E-state index contributed by atoms with van der Waals surface area (Å²) in [5.41, 5.74) is 4.30. The fourth-order valence-electron chi connectivity index (χ4n) is 1.00. The van der Waals surface area contributed by atoms with E-state index in [2.05, 4.69) is 34.8 Å². The lowest BCUT2D eigenvalue weighted by molar-refractivity contribution is 0.734. The van der Waals surface area contributed by atoms with Crippen molar-refractivity contribution in [2.75, 3.05) is 6.54 Å². The van der Waals surface area contributed by atoms with Gasteiger partial charge >= 0.3 is 0 Å². The van der Waals surface area contributed by atoms with Crippen LogP contribution in [0, 0.1) is 0 Å². The second kappa shape index (κ2) is 5.35. The Morgan fingerprint density at radius 3 is 2.75 bits per heavy atom. The molecule has 0 fully saturated rings. The van der Waals surface area contributed by atoms with Crippen LogP contribution in [0.4, 0.5) is 0 Å². The van der Waals surface area contributed by atoms with Gasteiger partial charge in [0.05, 0.1) is 0 Å². The van der Waals surface area contributed by atoms with Gasteiger partial charge in [0.15, 0.2) is 0 Å². The van der Waals surface area contributed by atoms with Gasteiger partial charge in [-0.2, -0.15) is 5.10 Å². The van der Waals surface area contributed by atoms with Crippen molar-refractivity contribution in [3.05, 3.63) is 35.9 Å². The van der Waals surface area contributed by atoms with Crippen LogP contribution in [0.25, 0.3) is 0 Å². The van der Waals surface area contributed by atoms with Crippen LogP contribution in [0.5, 0.6) is 0 Å². The topological polar surface area (TPSA) is 24.4 Å². The first-order valence-corrected chi connectivity index (χ1v) is 4.18. The number of nitrogens with one attached hydrogen (secondary N) is 1. The van der Waals surface area contributed by atoms with Gasteiger partial charge in [0.25, 0.3) is 0 Å². The number of hydrogen-bond donors (Lipinski definition) is 1. The molecule has 1 aromatic carbocycles. The van der Waals surface area contributed by atoms with Gasteiger partial charge in [-0.3, -0.25) is 0 Å². The minimum atomic E-state index is 0.897. The molecule has 0 atom stereocenters. The molecule has 0 radical (unpaired) electrons. The molecule has 1 N–H and O–H groups in total. The van der Waals surface area contributed by atoms with E-state index in [1.54, 1.807) is 6.21 Å². The average Bonchev–Trinajstić information content (AvgIpc) is 2.14. The summed E-state index contributed by atoms with van der Waals surface area (Å²) < 4.78 is 0. The Morgan fingerprint density at radius 2 is 2.08 bits per heavy atom. The lowest BCUT2D eigenvalue weighted by Gasteiger charge is -1.99. The minimum Gasteiger partial charge on any atom is -0.310 e. The molecule has 0 unspecified atom stereocenters. The van der Waals surface area contributed by atoms with E-state index < -0.39 is 0 Å². The summed E-state index contributed by atoms with van der Waals surface area (Å²) in [5, 5.41) is 3.91. The van der Waals surface area contributed by atoms with Crippen LogP contribution in [0.3, 0.4) is 0 Å². The van der Waals surface area contributed by atoms with Crippen LogP contribution < -0.4 is 5.43 Å². The Morgan fingerprint density at radius 1 is 1.33 bits per heavy atom. The maximum Gasteiger partial charge on any atom is 0.0369 e. The van der Waals surface area contributed by atoms with E-state index in [1.165, 1.54) is 5.56 Å². The molecule has 12 heavy (non-hydrogen) atoms. The van der Waals surface area contributed by atoms with E-state index in [1.807, 2.05) is 13.0 Å². The summed E-state index contributed by atoms with van der Waals surface area (Å²) in [6.45, 7) is 2.80. The number of benzene rings is 1. The van der Waals surface area contributed by atoms with E-state index in [0.717, 1.165) is 13.0 Å². The van der Waals surface area contributed by atoms with Crippen molar-refractivity contribution in [2.45, 2.75) is 13.3 Å². The Labute approximate surface area is 73.3 Å². The number of nitrogens with zero attached hydrogens (tertiary/aromatic N) is 1. The van der Waals surface area contributed by atoms with Gasteiger partial charge in [-0.15, -0.1) is 0 Å². The highest BCUT2D eigenvalue weighted by atomic mass is 15.3. The summed E-state index contributed by atoms with van der Waals surface area (Å²) in [7, 11) is 0. The monoisotopic (exact) mass is 162 g/mol. The fourth-order valence-corrected chi connectivity index (χ4v) is 1.00. The molecule has 2 heteroatoms. The summed E-state index contributed by atoms with van der Waals surface area (Å²) in [4.78, 5) is 0. The van der Waals surface area contributed by atoms with Gasteiger partial charge in [0.1, 0.15) is 0 Å². The summed E-state index contributed by atoms with van der Waals surface area (Å²) in [5.74, 6) is 0. The molecule has 1 aromatic rings. The second-order valence-electron chi connectivity index (χ2n) is 2.53. The zero-order chi connectivity index (χ0) is 8.65. The molecular weight excluding hydrogens is 148 g/mol. The van der Waals surface area contributed by atoms with Gasteiger partial charge in [0, 0.05) is 12.8 Å². The largest absolute Gasteiger partial charge is 0.310 e. The van der Waals surface area contributed by atoms with Gasteiger partial charge in [-0.25, -0.2) is 0 Å². The van der Waals surface area contributed by atoms with Crippen LogP contribution >= 0.6 is 0 Å². The zero-order valence-electron chi connectivity index (χ0n) is 7.33. The van der Waals surface area contributed by atoms with Crippen molar-refractivity contribution >= 4 is 6.21 Å². The third-order valence-corrected chi connectivity index (χ3v) is 1.59. The predicted molar refractivity (Wildman–Crippen MR) is 52.3 cm³/mol. The lowest BCUT2D eigenvalue weighted by Crippen LogP contribution is -2.09. The van der Waals surface area contributed by atoms with Gasteiger partial charge < -0.3 is 5.43 Å². The first-order chi connectivity index (χ1) is 5.93. The van der Waals surface area contributed by atoms with Crippen molar-refractivity contribution in [3.63, 3.8) is 0 Å². The highest BCUT2D eigenvalue weighted by Crippen LogP contribution is 1.97. The zero-order valence-corrected chi connectivity index (χ0v) is 7.33. The third kappa shape index (κ3) is 3.19. The van der Waals surface area contributed by atoms with Crippen molar-refractivity contribution in [1.29, 1.82) is 0 Å². The normalized spacial score (nSPS) is 10.4. The molecule has 0 aliphatic heterocycles. The highest BCUT2D eigenvalue weighted by Gasteiger charge is 1.88. The number of rotatable bonds is 4. The maximum absolute atomic E-state index is 3.91. The van der Waals surface area contributed by atoms with Gasteiger partial charge in [-0.05, 0) is 18.9 Å². The molecule has 0 saturated carbocycles. The van der Waals surface area contributed by atoms with E-state index >= 15 is 0 Å². The highest BCUT2D eigenvalue weighted by molar-refractivity contribution is 5.52. The molecule has 2 nitrogen and oxygen atoms in total. The van der Waals surface area contributed by atoms with Crippen molar-refractivity contribution < 1.29 is 0 Å². The smallest absolute Gasteiger partial charge is 0.0369 e. The Kier molecular flexibility index (Phi) is 3.92. The summed E-state index contributed by atoms with van der Waals surface area (Å²) in [6, 6.07) is 10.4. The van der Waals surface area contributed by atoms with E-state index in [9.17, 15) is 0 Å². The van der Waals surface area contributed by atoms with Crippen LogP contribution in [0.1, 0.15) is 12.5 Å². The van der Waals surface area contributed by atoms with E-state index in [-0.39, 0.29) is 0 Å². The molecule has 0 amide bonds. The van der Waals surface area contributed by atoms with Crippen LogP contribution in [-0.2, 0) is 6.42 Å². The molecule has 0 spiro atoms. The SMILES string of the molecule is C/C=N/NCCc1ccccc1. The molecule has 1 rings (SSSR count). The maximum atomic E-state index is 3.91. The quantitative estimate of drug-likeness (QED) is 0.407. The van der Waals surface area contributed by atoms with Crippen molar-refractivity contribution in [3.8, 4) is 0 Å². The Balaban J connectivity index is 2.24. The predicted octanol–water partition coefficient (Wildman–Crippen LogP) is 1.82. The number of hydrogen-bond acceptors (Lipinski definition) is 2. The standard InChI is InChI=1S/C10H14N2/c1-2-11-12-9-8-10-6-4-3-5-7-10/h2-7,12H,8-9H2,1H3/b11-2+. The molecule has 0 saturated heterocycles. The van der Waals surface area contributed by atoms with Crippen LogP contribution in [0.15, 0.2) is 35.4 Å².